The first-order chi connectivity index (χ1) is 12.2. The number of piperidine rings is 1. The first-order valence-electron chi connectivity index (χ1n) is 9.64. The van der Waals surface area contributed by atoms with Crippen LogP contribution in [0.5, 0.6) is 0 Å². The second-order valence-electron chi connectivity index (χ2n) is 7.35. The Labute approximate surface area is 180 Å². The van der Waals surface area contributed by atoms with Crippen molar-refractivity contribution in [2.45, 2.75) is 25.8 Å². The van der Waals surface area contributed by atoms with Crippen molar-refractivity contribution in [1.29, 1.82) is 0 Å². The van der Waals surface area contributed by atoms with Crippen LogP contribution in [-0.4, -0.2) is 80.0 Å². The van der Waals surface area contributed by atoms with Crippen LogP contribution in [0.3, 0.4) is 0 Å². The van der Waals surface area contributed by atoms with E-state index in [1.165, 1.54) is 24.1 Å². The van der Waals surface area contributed by atoms with Gasteiger partial charge >= 0.3 is 0 Å². The van der Waals surface area contributed by atoms with E-state index in [0.29, 0.717) is 12.5 Å². The molecule has 3 heterocycles. The van der Waals surface area contributed by atoms with E-state index in [-0.39, 0.29) is 24.8 Å². The third kappa shape index (κ3) is 7.87. The summed E-state index contributed by atoms with van der Waals surface area (Å²) in [6.07, 6.45) is 3.75. The Hall–Kier alpha value is -0.370. The van der Waals surface area contributed by atoms with Crippen molar-refractivity contribution in [2.24, 2.45) is 5.92 Å². The van der Waals surface area contributed by atoms with E-state index in [4.69, 9.17) is 0 Å². The normalized spacial score (nSPS) is 19.4. The lowest BCUT2D eigenvalue weighted by atomic mass is 9.93. The van der Waals surface area contributed by atoms with Crippen LogP contribution in [0.2, 0.25) is 0 Å². The number of halogens is 2. The van der Waals surface area contributed by atoms with Gasteiger partial charge in [-0.2, -0.15) is 0 Å². The van der Waals surface area contributed by atoms with Crippen LogP contribution >= 0.6 is 36.2 Å². The summed E-state index contributed by atoms with van der Waals surface area (Å²) in [4.78, 5) is 20.9. The van der Waals surface area contributed by atoms with Crippen molar-refractivity contribution in [3.63, 3.8) is 0 Å². The molecule has 1 aromatic rings. The number of hydrogen-bond donors (Lipinski definition) is 1. The Balaban J connectivity index is 0.00000182. The minimum atomic E-state index is 0. The van der Waals surface area contributed by atoms with Gasteiger partial charge in [-0.25, -0.2) is 0 Å². The summed E-state index contributed by atoms with van der Waals surface area (Å²) >= 11 is 1.82. The molecule has 2 saturated heterocycles. The Kier molecular flexibility index (Phi) is 11.8. The molecular weight excluding hydrogens is 403 g/mol. The van der Waals surface area contributed by atoms with Gasteiger partial charge in [0.2, 0.25) is 5.91 Å². The molecule has 8 heteroatoms. The number of carbonyl (C=O) groups is 1. The molecule has 0 saturated carbocycles. The maximum absolute atomic E-state index is 12.6. The number of nitrogens with one attached hydrogen (secondary N) is 1. The number of hydrogen-bond acceptors (Lipinski definition) is 5. The van der Waals surface area contributed by atoms with Crippen molar-refractivity contribution in [1.82, 2.24) is 20.0 Å². The van der Waals surface area contributed by atoms with Crippen molar-refractivity contribution in [2.75, 3.05) is 59.4 Å². The number of thiophene rings is 1. The summed E-state index contributed by atoms with van der Waals surface area (Å²) < 4.78 is 0. The second kappa shape index (κ2) is 13.0. The van der Waals surface area contributed by atoms with Gasteiger partial charge in [0.25, 0.3) is 0 Å². The van der Waals surface area contributed by atoms with Gasteiger partial charge in [0, 0.05) is 37.6 Å². The van der Waals surface area contributed by atoms with Gasteiger partial charge in [-0.1, -0.05) is 6.07 Å². The molecule has 0 aromatic carbocycles. The van der Waals surface area contributed by atoms with E-state index < -0.39 is 0 Å². The van der Waals surface area contributed by atoms with E-state index in [0.717, 1.165) is 58.3 Å². The van der Waals surface area contributed by atoms with Gasteiger partial charge in [-0.15, -0.1) is 36.2 Å². The van der Waals surface area contributed by atoms with Crippen LogP contribution in [0.1, 0.15) is 24.1 Å². The lowest BCUT2D eigenvalue weighted by Gasteiger charge is -2.37. The van der Waals surface area contributed by atoms with Crippen LogP contribution in [0, 0.1) is 5.92 Å². The molecule has 1 amide bonds. The highest BCUT2D eigenvalue weighted by Crippen LogP contribution is 2.20. The molecule has 0 unspecified atom stereocenters. The van der Waals surface area contributed by atoms with Gasteiger partial charge in [0.1, 0.15) is 0 Å². The first-order valence-corrected chi connectivity index (χ1v) is 10.5. The zero-order valence-electron chi connectivity index (χ0n) is 16.3. The second-order valence-corrected chi connectivity index (χ2v) is 8.38. The fraction of sp³-hybridized carbons (Fsp3) is 0.737. The fourth-order valence-corrected chi connectivity index (χ4v) is 4.60. The third-order valence-electron chi connectivity index (χ3n) is 5.55. The number of rotatable bonds is 7. The number of carbonyl (C=O) groups excluding carboxylic acids is 1. The van der Waals surface area contributed by atoms with Crippen LogP contribution in [0.15, 0.2) is 17.5 Å². The van der Waals surface area contributed by atoms with Gasteiger partial charge in [-0.05, 0) is 63.3 Å². The van der Waals surface area contributed by atoms with Crippen LogP contribution in [0.25, 0.3) is 0 Å². The molecule has 2 aliphatic rings. The van der Waals surface area contributed by atoms with Crippen LogP contribution in [0.4, 0.5) is 0 Å². The Morgan fingerprint density at radius 1 is 1.11 bits per heavy atom. The molecule has 27 heavy (non-hydrogen) atoms. The minimum absolute atomic E-state index is 0. The highest BCUT2D eigenvalue weighted by atomic mass is 35.5. The summed E-state index contributed by atoms with van der Waals surface area (Å²) in [6, 6.07) is 4.31. The molecule has 5 nitrogen and oxygen atoms in total. The van der Waals surface area contributed by atoms with Gasteiger partial charge < -0.3 is 10.2 Å². The lowest BCUT2D eigenvalue weighted by molar-refractivity contribution is -0.134. The molecule has 2 aliphatic heterocycles. The predicted molar refractivity (Wildman–Crippen MR) is 118 cm³/mol. The molecule has 156 valence electrons. The Bertz CT molecular complexity index is 516. The molecule has 0 radical (unpaired) electrons. The topological polar surface area (TPSA) is 38.8 Å². The lowest BCUT2D eigenvalue weighted by Crippen LogP contribution is -2.51. The number of amides is 1. The largest absolute Gasteiger partial charge is 0.339 e. The maximum Gasteiger partial charge on any atom is 0.236 e. The zero-order chi connectivity index (χ0) is 17.5. The molecule has 0 spiro atoms. The molecule has 0 bridgehead atoms. The van der Waals surface area contributed by atoms with Gasteiger partial charge in [-0.3, -0.25) is 14.6 Å². The van der Waals surface area contributed by atoms with Crippen LogP contribution in [-0.2, 0) is 11.3 Å². The summed E-state index contributed by atoms with van der Waals surface area (Å²) in [5.74, 6) is 1.16. The number of piperazine rings is 1. The maximum atomic E-state index is 12.6. The highest BCUT2D eigenvalue weighted by Gasteiger charge is 2.25. The molecular formula is C19H34Cl2N4OS. The average molecular weight is 437 g/mol. The summed E-state index contributed by atoms with van der Waals surface area (Å²) in [6.45, 7) is 8.66. The molecule has 3 rings (SSSR count). The summed E-state index contributed by atoms with van der Waals surface area (Å²) in [5, 5.41) is 5.38. The number of nitrogens with zero attached hydrogens (tertiary/aromatic N) is 3. The van der Waals surface area contributed by atoms with Crippen molar-refractivity contribution < 1.29 is 4.79 Å². The molecule has 2 fully saturated rings. The van der Waals surface area contributed by atoms with E-state index in [9.17, 15) is 4.79 Å². The number of likely N-dealkylation sites (tertiary alicyclic amines) is 1. The Morgan fingerprint density at radius 2 is 1.81 bits per heavy atom. The molecule has 0 aliphatic carbocycles. The van der Waals surface area contributed by atoms with Crippen molar-refractivity contribution >= 4 is 42.1 Å². The third-order valence-corrected chi connectivity index (χ3v) is 6.41. The van der Waals surface area contributed by atoms with Crippen molar-refractivity contribution in [3.8, 4) is 0 Å². The highest BCUT2D eigenvalue weighted by molar-refractivity contribution is 7.09. The van der Waals surface area contributed by atoms with E-state index in [1.807, 2.05) is 18.4 Å². The van der Waals surface area contributed by atoms with E-state index in [2.05, 4.69) is 37.5 Å². The quantitative estimate of drug-likeness (QED) is 0.712. The smallest absolute Gasteiger partial charge is 0.236 e. The molecule has 0 atom stereocenters. The van der Waals surface area contributed by atoms with Gasteiger partial charge in [0.05, 0.1) is 6.54 Å². The Morgan fingerprint density at radius 3 is 2.41 bits per heavy atom. The van der Waals surface area contributed by atoms with Crippen molar-refractivity contribution in [3.05, 3.63) is 22.4 Å². The molecule has 1 aromatic heterocycles. The van der Waals surface area contributed by atoms with Gasteiger partial charge in [0.15, 0.2) is 0 Å². The fourth-order valence-electron chi connectivity index (χ4n) is 3.85. The standard InChI is InChI=1S/C19H32N4OS.2ClH/c1-20-7-4-17-5-8-21(9-6-17)16-19(24)23-12-10-22(11-13-23)15-18-3-2-14-25-18;;/h2-3,14,17,20H,4-13,15-16H2,1H3;2*1H. The average Bonchev–Trinajstić information content (AvgIpc) is 3.15. The SMILES string of the molecule is CNCCC1CCN(CC(=O)N2CCN(Cc3cccs3)CC2)CC1.Cl.Cl. The predicted octanol–water partition coefficient (Wildman–Crippen LogP) is 2.56. The minimum Gasteiger partial charge on any atom is -0.339 e. The summed E-state index contributed by atoms with van der Waals surface area (Å²) in [7, 11) is 2.02. The summed E-state index contributed by atoms with van der Waals surface area (Å²) in [5.41, 5.74) is 0. The van der Waals surface area contributed by atoms with E-state index >= 15 is 0 Å². The monoisotopic (exact) mass is 436 g/mol. The van der Waals surface area contributed by atoms with E-state index in [1.54, 1.807) is 0 Å². The zero-order valence-corrected chi connectivity index (χ0v) is 18.7. The van der Waals surface area contributed by atoms with Crippen LogP contribution < -0.4 is 5.32 Å². The first kappa shape index (κ1) is 24.7. The molecule has 1 N–H and O–H groups in total.